The van der Waals surface area contributed by atoms with E-state index in [1.165, 1.54) is 0 Å². The highest BCUT2D eigenvalue weighted by Crippen LogP contribution is 2.45. The minimum absolute atomic E-state index is 0.0931. The molecular weight excluding hydrogens is 394 g/mol. The predicted molar refractivity (Wildman–Crippen MR) is 107 cm³/mol. The van der Waals surface area contributed by atoms with Crippen molar-refractivity contribution in [2.45, 2.75) is 29.3 Å². The molecule has 0 radical (unpaired) electrons. The van der Waals surface area contributed by atoms with Gasteiger partial charge >= 0.3 is 0 Å². The van der Waals surface area contributed by atoms with Crippen molar-refractivity contribution in [3.05, 3.63) is 71.3 Å². The van der Waals surface area contributed by atoms with E-state index in [1.54, 1.807) is 30.4 Å². The zero-order valence-electron chi connectivity index (χ0n) is 14.7. The van der Waals surface area contributed by atoms with Crippen LogP contribution in [0.25, 0.3) is 11.4 Å². The average Bonchev–Trinajstić information content (AvgIpc) is 3.25. The second-order valence-corrected chi connectivity index (χ2v) is 8.10. The predicted octanol–water partition coefficient (Wildman–Crippen LogP) is 4.33. The van der Waals surface area contributed by atoms with Crippen molar-refractivity contribution < 1.29 is 0 Å². The SMILES string of the molecule is Clc1cccc(C(Sc2nnc(-c3ccncc3)n2C2CC2)c2cn[nH]n2)c1. The minimum Gasteiger partial charge on any atom is -0.299 e. The number of rotatable bonds is 6. The highest BCUT2D eigenvalue weighted by atomic mass is 35.5. The van der Waals surface area contributed by atoms with E-state index >= 15 is 0 Å². The van der Waals surface area contributed by atoms with Gasteiger partial charge < -0.3 is 0 Å². The van der Waals surface area contributed by atoms with Gasteiger partial charge in [-0.15, -0.1) is 10.2 Å². The van der Waals surface area contributed by atoms with E-state index in [9.17, 15) is 0 Å². The van der Waals surface area contributed by atoms with E-state index in [2.05, 4.69) is 35.2 Å². The van der Waals surface area contributed by atoms with Gasteiger partial charge in [-0.1, -0.05) is 35.5 Å². The first kappa shape index (κ1) is 17.4. The number of thioether (sulfide) groups is 1. The second kappa shape index (κ2) is 7.37. The molecule has 1 aromatic carbocycles. The fourth-order valence-electron chi connectivity index (χ4n) is 3.13. The van der Waals surface area contributed by atoms with Crippen LogP contribution in [-0.4, -0.2) is 35.2 Å². The van der Waals surface area contributed by atoms with E-state index in [1.807, 2.05) is 36.4 Å². The number of pyridine rings is 1. The van der Waals surface area contributed by atoms with Gasteiger partial charge in [0.25, 0.3) is 0 Å². The molecule has 0 amide bonds. The molecule has 0 bridgehead atoms. The summed E-state index contributed by atoms with van der Waals surface area (Å²) in [5.41, 5.74) is 2.88. The zero-order chi connectivity index (χ0) is 18.9. The molecule has 9 heteroatoms. The van der Waals surface area contributed by atoms with Crippen molar-refractivity contribution in [3.8, 4) is 11.4 Å². The maximum absolute atomic E-state index is 6.24. The summed E-state index contributed by atoms with van der Waals surface area (Å²) in [5.74, 6) is 0.873. The Hall–Kier alpha value is -2.71. The third kappa shape index (κ3) is 3.41. The molecule has 1 N–H and O–H groups in total. The fraction of sp³-hybridized carbons (Fsp3) is 0.211. The van der Waals surface area contributed by atoms with Crippen LogP contribution in [0.15, 0.2) is 60.1 Å². The molecule has 1 unspecified atom stereocenters. The quantitative estimate of drug-likeness (QED) is 0.477. The van der Waals surface area contributed by atoms with Gasteiger partial charge in [0.2, 0.25) is 0 Å². The smallest absolute Gasteiger partial charge is 0.192 e. The lowest BCUT2D eigenvalue weighted by molar-refractivity contribution is 0.668. The van der Waals surface area contributed by atoms with Gasteiger partial charge in [-0.2, -0.15) is 15.4 Å². The molecule has 1 aliphatic rings. The summed E-state index contributed by atoms with van der Waals surface area (Å²) in [4.78, 5) is 4.10. The van der Waals surface area contributed by atoms with Gasteiger partial charge in [-0.05, 0) is 42.7 Å². The topological polar surface area (TPSA) is 85.2 Å². The summed E-state index contributed by atoms with van der Waals surface area (Å²) in [7, 11) is 0. The van der Waals surface area contributed by atoms with Gasteiger partial charge in [0.1, 0.15) is 5.69 Å². The van der Waals surface area contributed by atoms with Crippen molar-refractivity contribution >= 4 is 23.4 Å². The van der Waals surface area contributed by atoms with E-state index in [0.717, 1.165) is 40.6 Å². The van der Waals surface area contributed by atoms with Gasteiger partial charge in [-0.3, -0.25) is 9.55 Å². The molecule has 0 spiro atoms. The minimum atomic E-state index is -0.0931. The zero-order valence-corrected chi connectivity index (χ0v) is 16.3. The first-order chi connectivity index (χ1) is 13.8. The molecule has 0 aliphatic heterocycles. The van der Waals surface area contributed by atoms with E-state index < -0.39 is 0 Å². The van der Waals surface area contributed by atoms with Crippen molar-refractivity contribution in [2.24, 2.45) is 0 Å². The van der Waals surface area contributed by atoms with Crippen molar-refractivity contribution in [3.63, 3.8) is 0 Å². The molecule has 3 heterocycles. The normalized spacial score (nSPS) is 14.9. The number of hydrogen-bond donors (Lipinski definition) is 1. The molecule has 1 saturated carbocycles. The Balaban J connectivity index is 1.56. The van der Waals surface area contributed by atoms with E-state index in [-0.39, 0.29) is 5.25 Å². The number of benzene rings is 1. The van der Waals surface area contributed by atoms with Crippen LogP contribution in [0, 0.1) is 0 Å². The fourth-order valence-corrected chi connectivity index (χ4v) is 4.49. The maximum atomic E-state index is 6.24. The van der Waals surface area contributed by atoms with Crippen LogP contribution in [0.5, 0.6) is 0 Å². The van der Waals surface area contributed by atoms with Crippen LogP contribution in [0.4, 0.5) is 0 Å². The molecule has 28 heavy (non-hydrogen) atoms. The summed E-state index contributed by atoms with van der Waals surface area (Å²) < 4.78 is 2.23. The number of hydrogen-bond acceptors (Lipinski definition) is 6. The number of halogens is 1. The third-order valence-corrected chi connectivity index (χ3v) is 6.07. The molecule has 1 aliphatic carbocycles. The monoisotopic (exact) mass is 409 g/mol. The van der Waals surface area contributed by atoms with Crippen molar-refractivity contribution in [1.29, 1.82) is 0 Å². The van der Waals surface area contributed by atoms with Gasteiger partial charge in [0, 0.05) is 29.0 Å². The summed E-state index contributed by atoms with van der Waals surface area (Å²) in [6.07, 6.45) is 7.56. The Morgan fingerprint density at radius 1 is 1.14 bits per heavy atom. The van der Waals surface area contributed by atoms with Gasteiger partial charge in [0.15, 0.2) is 11.0 Å². The molecular formula is C19H16ClN7S. The van der Waals surface area contributed by atoms with Crippen molar-refractivity contribution in [2.75, 3.05) is 0 Å². The molecule has 3 aromatic heterocycles. The maximum Gasteiger partial charge on any atom is 0.192 e. The summed E-state index contributed by atoms with van der Waals surface area (Å²) in [6, 6.07) is 12.2. The molecule has 1 fully saturated rings. The Bertz CT molecular complexity index is 1080. The molecule has 1 atom stereocenters. The second-order valence-electron chi connectivity index (χ2n) is 6.59. The van der Waals surface area contributed by atoms with Crippen LogP contribution in [0.2, 0.25) is 5.02 Å². The molecule has 4 aromatic rings. The highest BCUT2D eigenvalue weighted by molar-refractivity contribution is 7.99. The largest absolute Gasteiger partial charge is 0.299 e. The highest BCUT2D eigenvalue weighted by Gasteiger charge is 2.32. The Morgan fingerprint density at radius 3 is 2.71 bits per heavy atom. The Kier molecular flexibility index (Phi) is 4.58. The Labute approximate surface area is 170 Å². The van der Waals surface area contributed by atoms with Gasteiger partial charge in [0.05, 0.1) is 11.4 Å². The standard InChI is InChI=1S/C19H16ClN7S/c20-14-3-1-2-13(10-14)17(16-11-22-26-23-16)28-19-25-24-18(27(19)15-4-5-15)12-6-8-21-9-7-12/h1-3,6-11,15,17H,4-5H2,(H,22,23,26). The summed E-state index contributed by atoms with van der Waals surface area (Å²) >= 11 is 7.85. The first-order valence-electron chi connectivity index (χ1n) is 8.92. The number of nitrogens with one attached hydrogen (secondary N) is 1. The number of aromatic nitrogens is 7. The van der Waals surface area contributed by atoms with Crippen LogP contribution in [0.1, 0.15) is 35.4 Å². The third-order valence-electron chi connectivity index (χ3n) is 4.59. The molecule has 140 valence electrons. The van der Waals surface area contributed by atoms with E-state index in [4.69, 9.17) is 11.6 Å². The summed E-state index contributed by atoms with van der Waals surface area (Å²) in [6.45, 7) is 0. The van der Waals surface area contributed by atoms with Crippen LogP contribution < -0.4 is 0 Å². The number of nitrogens with zero attached hydrogens (tertiary/aromatic N) is 6. The molecule has 5 rings (SSSR count). The average molecular weight is 410 g/mol. The van der Waals surface area contributed by atoms with Crippen LogP contribution >= 0.6 is 23.4 Å². The van der Waals surface area contributed by atoms with Crippen LogP contribution in [-0.2, 0) is 0 Å². The summed E-state index contributed by atoms with van der Waals surface area (Å²) in [5, 5.41) is 21.5. The van der Waals surface area contributed by atoms with Gasteiger partial charge in [-0.25, -0.2) is 0 Å². The number of aromatic amines is 1. The van der Waals surface area contributed by atoms with Crippen LogP contribution in [0.3, 0.4) is 0 Å². The number of H-pyrrole nitrogens is 1. The van der Waals surface area contributed by atoms with Crippen molar-refractivity contribution in [1.82, 2.24) is 35.2 Å². The first-order valence-corrected chi connectivity index (χ1v) is 10.2. The van der Waals surface area contributed by atoms with E-state index in [0.29, 0.717) is 11.1 Å². The lowest BCUT2D eigenvalue weighted by Gasteiger charge is -2.15. The molecule has 0 saturated heterocycles. The lowest BCUT2D eigenvalue weighted by atomic mass is 10.1. The Morgan fingerprint density at radius 2 is 2.00 bits per heavy atom. The lowest BCUT2D eigenvalue weighted by Crippen LogP contribution is -2.03. The molecule has 7 nitrogen and oxygen atoms in total.